The summed E-state index contributed by atoms with van der Waals surface area (Å²) >= 11 is 0. The highest BCUT2D eigenvalue weighted by atomic mass is 31.2. The maximum atomic E-state index is 13.9. The van der Waals surface area contributed by atoms with Crippen molar-refractivity contribution < 1.29 is 42.9 Å². The first-order chi connectivity index (χ1) is 21.6. The fraction of sp³-hybridized carbons (Fsp3) is 0.607. The Hall–Kier alpha value is -3.92. The lowest BCUT2D eigenvalue weighted by Crippen LogP contribution is -2.54. The van der Waals surface area contributed by atoms with Gasteiger partial charge in [0.2, 0.25) is 5.91 Å². The first-order valence-electron chi connectivity index (χ1n) is 14.7. The number of aliphatic hydroxyl groups is 1. The van der Waals surface area contributed by atoms with E-state index in [1.165, 1.54) is 17.1 Å². The van der Waals surface area contributed by atoms with E-state index >= 15 is 0 Å². The number of ether oxygens (including phenoxy) is 1. The fourth-order valence-electron chi connectivity index (χ4n) is 5.33. The van der Waals surface area contributed by atoms with Crippen LogP contribution in [-0.4, -0.2) is 74.3 Å². The maximum absolute atomic E-state index is 13.9. The molecule has 0 bridgehead atoms. The van der Waals surface area contributed by atoms with Gasteiger partial charge in [0.05, 0.1) is 34.0 Å². The van der Waals surface area contributed by atoms with Gasteiger partial charge in [-0.15, -0.1) is 0 Å². The number of aromatic nitrogens is 2. The summed E-state index contributed by atoms with van der Waals surface area (Å²) in [6, 6.07) is 0.575. The van der Waals surface area contributed by atoms with Crippen LogP contribution in [0.2, 0.25) is 0 Å². The number of carbonyl (C=O) groups excluding carboxylic acids is 2. The summed E-state index contributed by atoms with van der Waals surface area (Å²) in [5, 5.41) is 39.4. The Morgan fingerprint density at radius 2 is 1.65 bits per heavy atom. The molecule has 17 nitrogen and oxygen atoms in total. The van der Waals surface area contributed by atoms with Gasteiger partial charge in [-0.3, -0.25) is 29.6 Å². The number of alkyl carbamates (subject to hydrolysis) is 1. The Labute approximate surface area is 265 Å². The van der Waals surface area contributed by atoms with Gasteiger partial charge in [0.25, 0.3) is 11.4 Å². The summed E-state index contributed by atoms with van der Waals surface area (Å²) in [5.74, 6) is -2.40. The number of nitro groups is 2. The van der Waals surface area contributed by atoms with Gasteiger partial charge in [-0.25, -0.2) is 9.78 Å². The van der Waals surface area contributed by atoms with E-state index in [0.29, 0.717) is 0 Å². The third-order valence-electron chi connectivity index (χ3n) is 7.56. The van der Waals surface area contributed by atoms with Crippen molar-refractivity contribution in [2.75, 3.05) is 14.2 Å². The molecule has 46 heavy (non-hydrogen) atoms. The highest BCUT2D eigenvalue weighted by Gasteiger charge is 2.41. The minimum absolute atomic E-state index is 0.0246. The number of aliphatic hydroxyl groups excluding tert-OH is 1. The smallest absolute Gasteiger partial charge is 0.408 e. The summed E-state index contributed by atoms with van der Waals surface area (Å²) in [7, 11) is -1.82. The van der Waals surface area contributed by atoms with Crippen LogP contribution in [0, 0.1) is 26.1 Å². The normalized spacial score (nSPS) is 16.2. The first kappa shape index (κ1) is 36.5. The van der Waals surface area contributed by atoms with E-state index in [1.807, 2.05) is 0 Å². The van der Waals surface area contributed by atoms with Crippen LogP contribution < -0.4 is 10.6 Å². The highest BCUT2D eigenvalue weighted by molar-refractivity contribution is 7.54. The van der Waals surface area contributed by atoms with E-state index in [4.69, 9.17) is 13.8 Å². The number of nitrogens with one attached hydrogen (secondary N) is 2. The Morgan fingerprint density at radius 3 is 2.17 bits per heavy atom. The van der Waals surface area contributed by atoms with Crippen LogP contribution in [0.15, 0.2) is 30.7 Å². The molecule has 1 fully saturated rings. The fourth-order valence-corrected chi connectivity index (χ4v) is 6.55. The lowest BCUT2D eigenvalue weighted by molar-refractivity contribution is -0.394. The lowest BCUT2D eigenvalue weighted by atomic mass is 9.85. The number of amides is 2. The first-order valence-corrected chi connectivity index (χ1v) is 16.3. The number of imidazole rings is 1. The molecule has 1 aromatic carbocycles. The largest absolute Gasteiger partial charge is 0.444 e. The van der Waals surface area contributed by atoms with Crippen molar-refractivity contribution >= 4 is 31.0 Å². The van der Waals surface area contributed by atoms with E-state index in [-0.39, 0.29) is 30.1 Å². The van der Waals surface area contributed by atoms with E-state index in [9.17, 15) is 39.5 Å². The van der Waals surface area contributed by atoms with Crippen LogP contribution in [0.3, 0.4) is 0 Å². The molecular weight excluding hydrogens is 627 g/mol. The number of nitro benzene ring substituents is 2. The van der Waals surface area contributed by atoms with E-state index in [0.717, 1.165) is 64.5 Å². The number of hydrogen-bond acceptors (Lipinski definition) is 12. The summed E-state index contributed by atoms with van der Waals surface area (Å²) in [6.45, 7) is 4.90. The average molecular weight is 669 g/mol. The van der Waals surface area contributed by atoms with Gasteiger partial charge in [0, 0.05) is 44.7 Å². The quantitative estimate of drug-likeness (QED) is 0.145. The van der Waals surface area contributed by atoms with Crippen molar-refractivity contribution in [1.82, 2.24) is 20.2 Å². The second kappa shape index (κ2) is 15.6. The molecular formula is C28H41N6O11P. The topological polar surface area (TPSA) is 227 Å². The Morgan fingerprint density at radius 1 is 1.07 bits per heavy atom. The zero-order valence-electron chi connectivity index (χ0n) is 26.4. The number of hydrogen-bond donors (Lipinski definition) is 3. The predicted molar refractivity (Wildman–Crippen MR) is 164 cm³/mol. The summed E-state index contributed by atoms with van der Waals surface area (Å²) in [6.07, 6.45) is 6.34. The minimum atomic E-state index is -4.06. The lowest BCUT2D eigenvalue weighted by Gasteiger charge is -2.33. The molecule has 1 saturated carbocycles. The molecule has 3 atom stereocenters. The number of non-ortho nitro benzene ring substituents is 2. The van der Waals surface area contributed by atoms with Crippen molar-refractivity contribution in [3.05, 3.63) is 56.6 Å². The number of carbonyl (C=O) groups is 2. The van der Waals surface area contributed by atoms with Gasteiger partial charge in [0.1, 0.15) is 11.6 Å². The van der Waals surface area contributed by atoms with Gasteiger partial charge < -0.3 is 34.1 Å². The van der Waals surface area contributed by atoms with Gasteiger partial charge in [-0.05, 0) is 33.1 Å². The molecule has 1 heterocycles. The molecule has 2 aromatic rings. The molecule has 0 radical (unpaired) electrons. The van der Waals surface area contributed by atoms with Crippen molar-refractivity contribution in [1.29, 1.82) is 0 Å². The van der Waals surface area contributed by atoms with Crippen LogP contribution in [0.1, 0.15) is 65.0 Å². The van der Waals surface area contributed by atoms with E-state index < -0.39 is 64.3 Å². The van der Waals surface area contributed by atoms with E-state index in [2.05, 4.69) is 15.6 Å². The van der Waals surface area contributed by atoms with Crippen LogP contribution in [-0.2, 0) is 29.6 Å². The molecule has 1 aliphatic rings. The molecule has 1 unspecified atom stereocenters. The number of benzene rings is 1. The van der Waals surface area contributed by atoms with E-state index in [1.54, 1.807) is 20.8 Å². The summed E-state index contributed by atoms with van der Waals surface area (Å²) in [5.41, 5.74) is -1.72. The maximum Gasteiger partial charge on any atom is 0.408 e. The van der Waals surface area contributed by atoms with Gasteiger partial charge in [0.15, 0.2) is 5.85 Å². The van der Waals surface area contributed by atoms with Gasteiger partial charge in [-0.1, -0.05) is 32.1 Å². The summed E-state index contributed by atoms with van der Waals surface area (Å²) in [4.78, 5) is 52.2. The second-order valence-electron chi connectivity index (χ2n) is 12.1. The van der Waals surface area contributed by atoms with Crippen LogP contribution >= 0.6 is 7.60 Å². The molecule has 0 aliphatic heterocycles. The Kier molecular flexibility index (Phi) is 12.4. The van der Waals surface area contributed by atoms with Crippen molar-refractivity contribution in [2.24, 2.45) is 5.92 Å². The van der Waals surface area contributed by atoms with Gasteiger partial charge >= 0.3 is 13.7 Å². The number of nitrogens with zero attached hydrogens (tertiary/aromatic N) is 4. The molecule has 0 spiro atoms. The standard InChI is InChI=1S/C28H41N6O11P/c1-28(2,3)45-27(37)31-23(15-22-16-29-17-32(22)19-12-20(33(38)39)14-21(13-19)34(40)41)25(35)30-24(11-18-9-7-6-8-10-18)26(36)46(42,43-4)44-5/h12-14,16-18,23-24,26,36H,6-11,15H2,1-5H3,(H,30,35)(H,31,37)/t23-,24-,26?/m0/s1. The highest BCUT2D eigenvalue weighted by Crippen LogP contribution is 2.52. The van der Waals surface area contributed by atoms with Crippen LogP contribution in [0.25, 0.3) is 5.69 Å². The van der Waals surface area contributed by atoms with Crippen molar-refractivity contribution in [2.45, 2.75) is 89.2 Å². The predicted octanol–water partition coefficient (Wildman–Crippen LogP) is 4.38. The zero-order chi connectivity index (χ0) is 34.2. The number of rotatable bonds is 14. The van der Waals surface area contributed by atoms with Crippen molar-refractivity contribution in [3.8, 4) is 5.69 Å². The van der Waals surface area contributed by atoms with Crippen molar-refractivity contribution in [3.63, 3.8) is 0 Å². The monoisotopic (exact) mass is 668 g/mol. The van der Waals surface area contributed by atoms with Crippen LogP contribution in [0.4, 0.5) is 16.2 Å². The second-order valence-corrected chi connectivity index (χ2v) is 14.4. The molecule has 3 N–H and O–H groups in total. The molecule has 0 saturated heterocycles. The Bertz CT molecular complexity index is 1410. The third kappa shape index (κ3) is 9.79. The third-order valence-corrected chi connectivity index (χ3v) is 9.58. The minimum Gasteiger partial charge on any atom is -0.444 e. The molecule has 1 aliphatic carbocycles. The molecule has 18 heteroatoms. The average Bonchev–Trinajstić information content (AvgIpc) is 3.47. The SMILES string of the molecule is COP(=O)(OC)C(O)[C@H](CC1CCCCC1)NC(=O)[C@H](Cc1cncn1-c1cc([N+](=O)[O-])cc([N+](=O)[O-])c1)NC(=O)OC(C)(C)C. The zero-order valence-corrected chi connectivity index (χ0v) is 27.3. The Balaban J connectivity index is 1.99. The molecule has 254 valence electrons. The van der Waals surface area contributed by atoms with Crippen LogP contribution in [0.5, 0.6) is 0 Å². The molecule has 1 aromatic heterocycles. The van der Waals surface area contributed by atoms with Gasteiger partial charge in [-0.2, -0.15) is 0 Å². The molecule has 2 amide bonds. The summed E-state index contributed by atoms with van der Waals surface area (Å²) < 4.78 is 29.9. The molecule has 3 rings (SSSR count).